The van der Waals surface area contributed by atoms with Crippen LogP contribution in [0.15, 0.2) is 22.7 Å². The van der Waals surface area contributed by atoms with Crippen LogP contribution in [0.1, 0.15) is 10.7 Å². The lowest BCUT2D eigenvalue weighted by Gasteiger charge is -2.11. The summed E-state index contributed by atoms with van der Waals surface area (Å²) in [5, 5.41) is 12.6. The van der Waals surface area contributed by atoms with Crippen molar-refractivity contribution in [1.82, 2.24) is 15.0 Å². The Labute approximate surface area is 127 Å². The Morgan fingerprint density at radius 3 is 2.68 bits per heavy atom. The van der Waals surface area contributed by atoms with Gasteiger partial charge in [-0.25, -0.2) is 0 Å². The van der Waals surface area contributed by atoms with E-state index in [0.29, 0.717) is 17.1 Å². The van der Waals surface area contributed by atoms with E-state index in [9.17, 15) is 4.79 Å². The van der Waals surface area contributed by atoms with Crippen molar-refractivity contribution in [2.45, 2.75) is 0 Å². The van der Waals surface area contributed by atoms with Crippen molar-refractivity contribution in [3.05, 3.63) is 24.1 Å². The Morgan fingerprint density at radius 1 is 1.32 bits per heavy atom. The number of aromatic nitrogens is 2. The molecule has 2 rings (SSSR count). The molecular weight excluding hydrogens is 290 g/mol. The lowest BCUT2D eigenvalue weighted by Crippen LogP contribution is -2.29. The van der Waals surface area contributed by atoms with Gasteiger partial charge in [0, 0.05) is 19.2 Å². The summed E-state index contributed by atoms with van der Waals surface area (Å²) in [4.78, 5) is 17.3. The molecule has 0 spiro atoms. The number of methoxy groups -OCH3 is 2. The van der Waals surface area contributed by atoms with Crippen LogP contribution in [0.25, 0.3) is 11.4 Å². The maximum absolute atomic E-state index is 12.0. The molecule has 8 heteroatoms. The minimum Gasteiger partial charge on any atom is -0.493 e. The molecule has 1 amide bonds. The molecule has 2 aromatic rings. The number of aliphatic hydroxyl groups is 1. The van der Waals surface area contributed by atoms with Gasteiger partial charge in [0.25, 0.3) is 0 Å². The van der Waals surface area contributed by atoms with Gasteiger partial charge >= 0.3 is 11.8 Å². The molecule has 1 aromatic carbocycles. The molecule has 118 valence electrons. The van der Waals surface area contributed by atoms with E-state index in [4.69, 9.17) is 19.1 Å². The molecule has 1 N–H and O–H groups in total. The molecule has 0 saturated carbocycles. The van der Waals surface area contributed by atoms with Crippen molar-refractivity contribution >= 4 is 5.91 Å². The summed E-state index contributed by atoms with van der Waals surface area (Å²) in [6.45, 7) is 0.0474. The summed E-state index contributed by atoms with van der Waals surface area (Å²) >= 11 is 0. The summed E-state index contributed by atoms with van der Waals surface area (Å²) in [7, 11) is 4.61. The standard InChI is InChI=1S/C14H17N3O5/c1-17(6-7-18)14(19)13-15-12(16-22-13)9-4-5-10(20-2)11(8-9)21-3/h4-5,8,18H,6-7H2,1-3H3. The van der Waals surface area contributed by atoms with Gasteiger partial charge in [-0.15, -0.1) is 0 Å². The normalized spacial score (nSPS) is 10.4. The second-order valence-electron chi connectivity index (χ2n) is 4.44. The molecule has 0 saturated heterocycles. The molecule has 1 heterocycles. The van der Waals surface area contributed by atoms with Gasteiger partial charge in [-0.2, -0.15) is 4.98 Å². The van der Waals surface area contributed by atoms with E-state index >= 15 is 0 Å². The van der Waals surface area contributed by atoms with Crippen molar-refractivity contribution in [3.63, 3.8) is 0 Å². The highest BCUT2D eigenvalue weighted by Crippen LogP contribution is 2.31. The highest BCUT2D eigenvalue weighted by atomic mass is 16.5. The summed E-state index contributed by atoms with van der Waals surface area (Å²) in [6.07, 6.45) is 0. The quantitative estimate of drug-likeness (QED) is 0.843. The lowest BCUT2D eigenvalue weighted by atomic mass is 10.2. The molecule has 0 radical (unpaired) electrons. The molecule has 0 aliphatic carbocycles. The highest BCUT2D eigenvalue weighted by Gasteiger charge is 2.20. The zero-order chi connectivity index (χ0) is 16.1. The minimum atomic E-state index is -0.451. The van der Waals surface area contributed by atoms with E-state index < -0.39 is 5.91 Å². The van der Waals surface area contributed by atoms with Gasteiger partial charge in [0.15, 0.2) is 11.5 Å². The van der Waals surface area contributed by atoms with Gasteiger partial charge in [-0.3, -0.25) is 4.79 Å². The fraction of sp³-hybridized carbons (Fsp3) is 0.357. The first-order chi connectivity index (χ1) is 10.6. The molecule has 1 aromatic heterocycles. The first-order valence-corrected chi connectivity index (χ1v) is 6.53. The molecular formula is C14H17N3O5. The largest absolute Gasteiger partial charge is 0.493 e. The SMILES string of the molecule is COc1ccc(-c2noc(C(=O)N(C)CCO)n2)cc1OC. The molecule has 0 unspecified atom stereocenters. The van der Waals surface area contributed by atoms with Crippen molar-refractivity contribution in [1.29, 1.82) is 0 Å². The minimum absolute atomic E-state index is 0.138. The fourth-order valence-corrected chi connectivity index (χ4v) is 1.82. The third kappa shape index (κ3) is 3.17. The number of aliphatic hydroxyl groups excluding tert-OH is 1. The predicted octanol–water partition coefficient (Wildman–Crippen LogP) is 0.818. The second kappa shape index (κ2) is 6.90. The van der Waals surface area contributed by atoms with Crippen molar-refractivity contribution in [2.24, 2.45) is 0 Å². The Balaban J connectivity index is 2.26. The van der Waals surface area contributed by atoms with Crippen molar-refractivity contribution < 1.29 is 23.9 Å². The van der Waals surface area contributed by atoms with Gasteiger partial charge in [-0.1, -0.05) is 5.16 Å². The van der Waals surface area contributed by atoms with Crippen LogP contribution >= 0.6 is 0 Å². The van der Waals surface area contributed by atoms with Gasteiger partial charge < -0.3 is 24.0 Å². The van der Waals surface area contributed by atoms with Crippen LogP contribution in [-0.2, 0) is 0 Å². The summed E-state index contributed by atoms with van der Waals surface area (Å²) in [5.41, 5.74) is 0.630. The maximum atomic E-state index is 12.0. The number of carbonyl (C=O) groups is 1. The first-order valence-electron chi connectivity index (χ1n) is 6.53. The third-order valence-electron chi connectivity index (χ3n) is 3.03. The third-order valence-corrected chi connectivity index (χ3v) is 3.03. The molecule has 0 aliphatic rings. The van der Waals surface area contributed by atoms with E-state index in [1.165, 1.54) is 12.0 Å². The summed E-state index contributed by atoms with van der Waals surface area (Å²) in [6, 6.07) is 5.14. The van der Waals surface area contributed by atoms with Gasteiger partial charge in [0.1, 0.15) is 0 Å². The average molecular weight is 307 g/mol. The van der Waals surface area contributed by atoms with Crippen LogP contribution in [-0.4, -0.2) is 60.5 Å². The van der Waals surface area contributed by atoms with Gasteiger partial charge in [-0.05, 0) is 18.2 Å². The zero-order valence-electron chi connectivity index (χ0n) is 12.6. The average Bonchev–Trinajstić information content (AvgIpc) is 3.03. The fourth-order valence-electron chi connectivity index (χ4n) is 1.82. The number of likely N-dealkylation sites (N-methyl/N-ethyl adjacent to an activating group) is 1. The topological polar surface area (TPSA) is 97.9 Å². The van der Waals surface area contributed by atoms with Crippen LogP contribution in [0.5, 0.6) is 11.5 Å². The smallest absolute Gasteiger partial charge is 0.316 e. The second-order valence-corrected chi connectivity index (χ2v) is 4.44. The number of benzene rings is 1. The number of hydrogen-bond acceptors (Lipinski definition) is 7. The number of rotatable bonds is 6. The molecule has 22 heavy (non-hydrogen) atoms. The number of ether oxygens (including phenoxy) is 2. The van der Waals surface area contributed by atoms with E-state index in [1.807, 2.05) is 0 Å². The Bertz CT molecular complexity index is 656. The molecule has 0 bridgehead atoms. The number of hydrogen-bond donors (Lipinski definition) is 1. The van der Waals surface area contributed by atoms with E-state index in [-0.39, 0.29) is 24.9 Å². The first kappa shape index (κ1) is 15.8. The van der Waals surface area contributed by atoms with Crippen LogP contribution in [0.3, 0.4) is 0 Å². The van der Waals surface area contributed by atoms with Crippen LogP contribution < -0.4 is 9.47 Å². The van der Waals surface area contributed by atoms with Gasteiger partial charge in [0.05, 0.1) is 20.8 Å². The molecule has 0 fully saturated rings. The van der Waals surface area contributed by atoms with E-state index in [0.717, 1.165) is 0 Å². The monoisotopic (exact) mass is 307 g/mol. The van der Waals surface area contributed by atoms with E-state index in [2.05, 4.69) is 10.1 Å². The molecule has 0 aliphatic heterocycles. The predicted molar refractivity (Wildman–Crippen MR) is 76.9 cm³/mol. The zero-order valence-corrected chi connectivity index (χ0v) is 12.6. The van der Waals surface area contributed by atoms with Gasteiger partial charge in [0.2, 0.25) is 5.82 Å². The Hall–Kier alpha value is -2.61. The summed E-state index contributed by atoms with van der Waals surface area (Å²) < 4.78 is 15.3. The van der Waals surface area contributed by atoms with Crippen LogP contribution in [0, 0.1) is 0 Å². The number of nitrogens with zero attached hydrogens (tertiary/aromatic N) is 3. The summed E-state index contributed by atoms with van der Waals surface area (Å²) in [5.74, 6) is 0.777. The van der Waals surface area contributed by atoms with Crippen molar-refractivity contribution in [2.75, 3.05) is 34.4 Å². The van der Waals surface area contributed by atoms with Crippen LogP contribution in [0.2, 0.25) is 0 Å². The lowest BCUT2D eigenvalue weighted by molar-refractivity contribution is 0.0718. The Morgan fingerprint density at radius 2 is 2.05 bits per heavy atom. The van der Waals surface area contributed by atoms with E-state index in [1.54, 1.807) is 32.4 Å². The number of carbonyl (C=O) groups excluding carboxylic acids is 1. The van der Waals surface area contributed by atoms with Crippen LogP contribution in [0.4, 0.5) is 0 Å². The number of amides is 1. The Kier molecular flexibility index (Phi) is 4.95. The molecule has 0 atom stereocenters. The van der Waals surface area contributed by atoms with Crippen molar-refractivity contribution in [3.8, 4) is 22.9 Å². The maximum Gasteiger partial charge on any atom is 0.316 e. The highest BCUT2D eigenvalue weighted by molar-refractivity contribution is 5.89. The molecule has 8 nitrogen and oxygen atoms in total.